The van der Waals surface area contributed by atoms with Crippen molar-refractivity contribution < 1.29 is 18.0 Å². The maximum Gasteiger partial charge on any atom is 0.416 e. The first-order chi connectivity index (χ1) is 13.6. The smallest absolute Gasteiger partial charge is 0.306 e. The van der Waals surface area contributed by atoms with Crippen LogP contribution in [0.5, 0.6) is 0 Å². The number of nitrogens with zero attached hydrogens (tertiary/aromatic N) is 3. The van der Waals surface area contributed by atoms with Crippen molar-refractivity contribution in [2.75, 3.05) is 19.4 Å². The van der Waals surface area contributed by atoms with E-state index < -0.39 is 11.7 Å². The second-order valence-corrected chi connectivity index (χ2v) is 8.43. The van der Waals surface area contributed by atoms with Crippen molar-refractivity contribution >= 4 is 33.9 Å². The summed E-state index contributed by atoms with van der Waals surface area (Å²) in [7, 11) is 3.94. The summed E-state index contributed by atoms with van der Waals surface area (Å²) >= 11 is 2.31. The predicted molar refractivity (Wildman–Crippen MR) is 109 cm³/mol. The van der Waals surface area contributed by atoms with Crippen LogP contribution in [0.4, 0.5) is 18.3 Å². The van der Waals surface area contributed by atoms with Gasteiger partial charge in [-0.15, -0.1) is 11.3 Å². The van der Waals surface area contributed by atoms with Gasteiger partial charge in [-0.1, -0.05) is 12.1 Å². The fraction of sp³-hybridized carbons (Fsp3) is 0.316. The van der Waals surface area contributed by atoms with Gasteiger partial charge in [-0.25, -0.2) is 4.98 Å². The molecule has 2 aromatic heterocycles. The van der Waals surface area contributed by atoms with Gasteiger partial charge < -0.3 is 4.90 Å². The first kappa shape index (κ1) is 21.4. The van der Waals surface area contributed by atoms with Gasteiger partial charge in [0.25, 0.3) is 5.91 Å². The number of likely N-dealkylation sites (N-methyl/N-ethyl adjacent to an activating group) is 1. The molecule has 1 aromatic carbocycles. The fourth-order valence-corrected chi connectivity index (χ4v) is 3.94. The molecule has 0 aliphatic rings. The molecule has 5 nitrogen and oxygen atoms in total. The number of carbonyl (C=O) groups is 1. The van der Waals surface area contributed by atoms with Crippen molar-refractivity contribution in [1.82, 2.24) is 14.3 Å². The Kier molecular flexibility index (Phi) is 6.35. The largest absolute Gasteiger partial charge is 0.416 e. The molecule has 0 fully saturated rings. The lowest BCUT2D eigenvalue weighted by Gasteiger charge is -2.17. The lowest BCUT2D eigenvalue weighted by atomic mass is 10.1. The number of carbonyl (C=O) groups excluding carboxylic acids is 1. The monoisotopic (exact) mass is 440 g/mol. The van der Waals surface area contributed by atoms with Crippen LogP contribution in [0.15, 0.2) is 35.7 Å². The van der Waals surface area contributed by atoms with Crippen molar-refractivity contribution in [1.29, 1.82) is 0 Å². The van der Waals surface area contributed by atoms with Crippen molar-refractivity contribution in [3.05, 3.63) is 52.7 Å². The molecule has 10 heteroatoms. The molecule has 29 heavy (non-hydrogen) atoms. The van der Waals surface area contributed by atoms with Crippen LogP contribution in [0.25, 0.3) is 10.4 Å². The van der Waals surface area contributed by atoms with E-state index in [-0.39, 0.29) is 11.9 Å². The first-order valence-corrected chi connectivity index (χ1v) is 10.4. The third-order valence-corrected chi connectivity index (χ3v) is 6.03. The van der Waals surface area contributed by atoms with Gasteiger partial charge in [0.2, 0.25) is 5.13 Å². The minimum atomic E-state index is -4.41. The summed E-state index contributed by atoms with van der Waals surface area (Å²) in [5, 5.41) is 4.70. The van der Waals surface area contributed by atoms with E-state index >= 15 is 0 Å². The van der Waals surface area contributed by atoms with E-state index in [1.165, 1.54) is 17.4 Å². The summed E-state index contributed by atoms with van der Waals surface area (Å²) in [5.74, 6) is 0.282. The van der Waals surface area contributed by atoms with E-state index in [0.717, 1.165) is 23.7 Å². The minimum absolute atomic E-state index is 0.264. The number of anilines is 1. The first-order valence-electron chi connectivity index (χ1n) is 8.70. The molecule has 3 aromatic rings. The summed E-state index contributed by atoms with van der Waals surface area (Å²) in [6, 6.07) is 6.89. The van der Waals surface area contributed by atoms with Gasteiger partial charge in [0.05, 0.1) is 11.1 Å². The number of alkyl halides is 3. The van der Waals surface area contributed by atoms with Crippen molar-refractivity contribution in [3.8, 4) is 10.4 Å². The molecule has 0 bridgehead atoms. The SMILES string of the molecule is CC(Cc1nsc(NC(=O)c2csc(-c3cccc(C(F)(F)F)c3)c2)n1)N(C)C. The van der Waals surface area contributed by atoms with Crippen LogP contribution >= 0.6 is 22.9 Å². The van der Waals surface area contributed by atoms with Crippen LogP contribution in [-0.4, -0.2) is 40.3 Å². The molecule has 154 valence electrons. The van der Waals surface area contributed by atoms with Gasteiger partial charge in [-0.3, -0.25) is 10.1 Å². The molecule has 1 amide bonds. The summed E-state index contributed by atoms with van der Waals surface area (Å²) in [4.78, 5) is 19.4. The lowest BCUT2D eigenvalue weighted by molar-refractivity contribution is -0.137. The Labute approximate surface area is 174 Å². The van der Waals surface area contributed by atoms with Gasteiger partial charge in [0.15, 0.2) is 0 Å². The molecule has 2 heterocycles. The number of halogens is 3. The molecule has 3 rings (SSSR count). The highest BCUT2D eigenvalue weighted by Crippen LogP contribution is 2.34. The number of hydrogen-bond donors (Lipinski definition) is 1. The maximum atomic E-state index is 12.9. The topological polar surface area (TPSA) is 58.1 Å². The summed E-state index contributed by atoms with van der Waals surface area (Å²) in [6.45, 7) is 2.06. The van der Waals surface area contributed by atoms with Crippen LogP contribution in [0.3, 0.4) is 0 Å². The highest BCUT2D eigenvalue weighted by atomic mass is 32.1. The Hall–Kier alpha value is -2.30. The van der Waals surface area contributed by atoms with E-state index in [0.29, 0.717) is 33.4 Å². The molecular weight excluding hydrogens is 421 g/mol. The standard InChI is InChI=1S/C19H19F3N4OS2/c1-11(26(2)3)7-16-23-18(29-25-16)24-17(27)13-9-15(28-10-13)12-5-4-6-14(8-12)19(20,21)22/h4-6,8-11H,7H2,1-3H3,(H,23,24,25,27). The van der Waals surface area contributed by atoms with Crippen LogP contribution in [0.2, 0.25) is 0 Å². The Morgan fingerprint density at radius 3 is 2.72 bits per heavy atom. The number of rotatable bonds is 6. The van der Waals surface area contributed by atoms with Crippen molar-refractivity contribution in [3.63, 3.8) is 0 Å². The molecule has 0 aliphatic heterocycles. The van der Waals surface area contributed by atoms with Gasteiger partial charge in [0.1, 0.15) is 5.82 Å². The molecule has 1 atom stereocenters. The zero-order chi connectivity index (χ0) is 21.2. The molecule has 0 saturated heterocycles. The summed E-state index contributed by atoms with van der Waals surface area (Å²) < 4.78 is 43.0. The highest BCUT2D eigenvalue weighted by molar-refractivity contribution is 7.14. The summed E-state index contributed by atoms with van der Waals surface area (Å²) in [6.07, 6.45) is -3.75. The average molecular weight is 441 g/mol. The molecule has 0 radical (unpaired) electrons. The summed E-state index contributed by atoms with van der Waals surface area (Å²) in [5.41, 5.74) is 0.0586. The quantitative estimate of drug-likeness (QED) is 0.584. The van der Waals surface area contributed by atoms with Gasteiger partial charge >= 0.3 is 6.18 Å². The molecule has 1 unspecified atom stereocenters. The minimum Gasteiger partial charge on any atom is -0.306 e. The second kappa shape index (κ2) is 8.60. The van der Waals surface area contributed by atoms with Crippen molar-refractivity contribution in [2.24, 2.45) is 0 Å². The van der Waals surface area contributed by atoms with Crippen molar-refractivity contribution in [2.45, 2.75) is 25.6 Å². The van der Waals surface area contributed by atoms with Crippen LogP contribution in [0, 0.1) is 0 Å². The number of amides is 1. The third kappa shape index (κ3) is 5.40. The molecule has 0 saturated carbocycles. The van der Waals surface area contributed by atoms with E-state index in [1.807, 2.05) is 14.1 Å². The fourth-order valence-electron chi connectivity index (χ4n) is 2.46. The lowest BCUT2D eigenvalue weighted by Crippen LogP contribution is -2.27. The van der Waals surface area contributed by atoms with Gasteiger partial charge in [-0.2, -0.15) is 17.5 Å². The number of hydrogen-bond acceptors (Lipinski definition) is 6. The van der Waals surface area contributed by atoms with Crippen LogP contribution in [-0.2, 0) is 12.6 Å². The number of nitrogens with one attached hydrogen (secondary N) is 1. The van der Waals surface area contributed by atoms with E-state index in [2.05, 4.69) is 26.5 Å². The van der Waals surface area contributed by atoms with Crippen LogP contribution in [0.1, 0.15) is 28.7 Å². The Bertz CT molecular complexity index is 997. The predicted octanol–water partition coefficient (Wildman–Crippen LogP) is 5.03. The molecular formula is C19H19F3N4OS2. The number of benzene rings is 1. The highest BCUT2D eigenvalue weighted by Gasteiger charge is 2.30. The second-order valence-electron chi connectivity index (χ2n) is 6.76. The normalized spacial score (nSPS) is 12.9. The van der Waals surface area contributed by atoms with Crippen LogP contribution < -0.4 is 5.32 Å². The maximum absolute atomic E-state index is 12.9. The molecule has 1 N–H and O–H groups in total. The number of thiophene rings is 1. The Morgan fingerprint density at radius 1 is 1.28 bits per heavy atom. The zero-order valence-corrected chi connectivity index (χ0v) is 17.6. The zero-order valence-electron chi connectivity index (χ0n) is 15.9. The van der Waals surface area contributed by atoms with E-state index in [9.17, 15) is 18.0 Å². The molecule has 0 aliphatic carbocycles. The molecule has 0 spiro atoms. The Balaban J connectivity index is 1.70. The van der Waals surface area contributed by atoms with Gasteiger partial charge in [-0.05, 0) is 44.8 Å². The Morgan fingerprint density at radius 2 is 2.03 bits per heavy atom. The average Bonchev–Trinajstić information content (AvgIpc) is 3.31. The van der Waals surface area contributed by atoms with E-state index in [1.54, 1.807) is 17.5 Å². The van der Waals surface area contributed by atoms with E-state index in [4.69, 9.17) is 0 Å². The van der Waals surface area contributed by atoms with Gasteiger partial charge in [0, 0.05) is 34.3 Å². The third-order valence-electron chi connectivity index (χ3n) is 4.38. The number of aromatic nitrogens is 2.